The molecule has 0 bridgehead atoms. The molecule has 0 saturated carbocycles. The molecule has 0 aliphatic heterocycles. The minimum atomic E-state index is -0.911. The van der Waals surface area contributed by atoms with Crippen molar-refractivity contribution in [2.24, 2.45) is 0 Å². The summed E-state index contributed by atoms with van der Waals surface area (Å²) in [7, 11) is 1.61. The third-order valence-corrected chi connectivity index (χ3v) is 4.14. The molecule has 0 radical (unpaired) electrons. The number of aromatic nitrogens is 3. The molecule has 1 N–H and O–H groups in total. The van der Waals surface area contributed by atoms with Crippen LogP contribution in [0.4, 0.5) is 0 Å². The second kappa shape index (κ2) is 7.62. The van der Waals surface area contributed by atoms with Crippen molar-refractivity contribution in [3.05, 3.63) is 35.1 Å². The Balaban J connectivity index is 2.49. The minimum absolute atomic E-state index is 0.0948. The lowest BCUT2D eigenvalue weighted by atomic mass is 10.2. The number of hydrogen-bond acceptors (Lipinski definition) is 5. The van der Waals surface area contributed by atoms with Crippen molar-refractivity contribution in [3.63, 3.8) is 0 Å². The topological polar surface area (TPSA) is 77.2 Å². The Morgan fingerprint density at radius 1 is 1.50 bits per heavy atom. The molecule has 0 saturated heterocycles. The molecule has 0 fully saturated rings. The summed E-state index contributed by atoms with van der Waals surface area (Å²) in [5.41, 5.74) is 0.774. The SMILES string of the molecule is CCC(OC)c1nnc(SCC(=O)O)n1-c1cccc(Cl)c1. The summed E-state index contributed by atoms with van der Waals surface area (Å²) in [5.74, 6) is -0.381. The van der Waals surface area contributed by atoms with Crippen LogP contribution in [-0.2, 0) is 9.53 Å². The van der Waals surface area contributed by atoms with Gasteiger partial charge in [-0.3, -0.25) is 9.36 Å². The summed E-state index contributed by atoms with van der Waals surface area (Å²) >= 11 is 7.16. The summed E-state index contributed by atoms with van der Waals surface area (Å²) in [6.07, 6.45) is 0.490. The predicted molar refractivity (Wildman–Crippen MR) is 84.8 cm³/mol. The van der Waals surface area contributed by atoms with E-state index in [4.69, 9.17) is 21.4 Å². The maximum atomic E-state index is 10.8. The number of carboxylic acids is 1. The van der Waals surface area contributed by atoms with Crippen LogP contribution in [0, 0.1) is 0 Å². The van der Waals surface area contributed by atoms with E-state index in [0.29, 0.717) is 16.0 Å². The standard InChI is InChI=1S/C14H16ClN3O3S/c1-3-11(21-2)13-16-17-14(22-8-12(19)20)18(13)10-6-4-5-9(15)7-10/h4-7,11H,3,8H2,1-2H3,(H,19,20). The summed E-state index contributed by atoms with van der Waals surface area (Å²) in [6, 6.07) is 7.24. The van der Waals surface area contributed by atoms with Crippen molar-refractivity contribution in [1.29, 1.82) is 0 Å². The Bertz CT molecular complexity index is 659. The zero-order chi connectivity index (χ0) is 16.1. The van der Waals surface area contributed by atoms with Crippen LogP contribution < -0.4 is 0 Å². The highest BCUT2D eigenvalue weighted by Gasteiger charge is 2.21. The van der Waals surface area contributed by atoms with Gasteiger partial charge in [-0.2, -0.15) is 0 Å². The van der Waals surface area contributed by atoms with Gasteiger partial charge in [0.25, 0.3) is 0 Å². The van der Waals surface area contributed by atoms with Crippen LogP contribution in [0.25, 0.3) is 5.69 Å². The van der Waals surface area contributed by atoms with Gasteiger partial charge in [-0.05, 0) is 24.6 Å². The van der Waals surface area contributed by atoms with Gasteiger partial charge in [0.15, 0.2) is 11.0 Å². The number of carbonyl (C=O) groups is 1. The van der Waals surface area contributed by atoms with Crippen LogP contribution in [0.5, 0.6) is 0 Å². The molecule has 2 rings (SSSR count). The van der Waals surface area contributed by atoms with E-state index in [1.807, 2.05) is 19.1 Å². The Hall–Kier alpha value is -1.57. The number of halogens is 1. The molecule has 0 amide bonds. The first-order chi connectivity index (χ1) is 10.6. The summed E-state index contributed by atoms with van der Waals surface area (Å²) in [6.45, 7) is 1.98. The molecular formula is C14H16ClN3O3S. The smallest absolute Gasteiger partial charge is 0.313 e. The van der Waals surface area contributed by atoms with E-state index in [-0.39, 0.29) is 11.9 Å². The number of thioether (sulfide) groups is 1. The quantitative estimate of drug-likeness (QED) is 0.779. The summed E-state index contributed by atoms with van der Waals surface area (Å²) < 4.78 is 7.22. The second-order valence-electron chi connectivity index (χ2n) is 4.47. The van der Waals surface area contributed by atoms with Crippen molar-refractivity contribution >= 4 is 29.3 Å². The van der Waals surface area contributed by atoms with Gasteiger partial charge in [-0.1, -0.05) is 36.4 Å². The van der Waals surface area contributed by atoms with Gasteiger partial charge in [-0.25, -0.2) is 0 Å². The normalized spacial score (nSPS) is 12.3. The van der Waals surface area contributed by atoms with Gasteiger partial charge in [0.1, 0.15) is 6.10 Å². The molecule has 118 valence electrons. The molecule has 2 aromatic rings. The molecule has 6 nitrogen and oxygen atoms in total. The Morgan fingerprint density at radius 2 is 2.27 bits per heavy atom. The van der Waals surface area contributed by atoms with Crippen LogP contribution >= 0.6 is 23.4 Å². The van der Waals surface area contributed by atoms with E-state index in [9.17, 15) is 4.79 Å². The van der Waals surface area contributed by atoms with Crippen LogP contribution in [0.1, 0.15) is 25.3 Å². The Labute approximate surface area is 137 Å². The molecule has 1 heterocycles. The van der Waals surface area contributed by atoms with Gasteiger partial charge < -0.3 is 9.84 Å². The van der Waals surface area contributed by atoms with Gasteiger partial charge in [0, 0.05) is 12.1 Å². The highest BCUT2D eigenvalue weighted by atomic mass is 35.5. The van der Waals surface area contributed by atoms with E-state index in [1.54, 1.807) is 23.8 Å². The maximum Gasteiger partial charge on any atom is 0.313 e. The molecule has 1 unspecified atom stereocenters. The summed E-state index contributed by atoms with van der Waals surface area (Å²) in [5, 5.41) is 18.2. The van der Waals surface area contributed by atoms with Crippen molar-refractivity contribution in [2.75, 3.05) is 12.9 Å². The number of hydrogen-bond donors (Lipinski definition) is 1. The molecular weight excluding hydrogens is 326 g/mol. The molecule has 0 aliphatic rings. The van der Waals surface area contributed by atoms with E-state index >= 15 is 0 Å². The van der Waals surface area contributed by atoms with E-state index in [0.717, 1.165) is 23.9 Å². The van der Waals surface area contributed by atoms with Crippen LogP contribution in [0.15, 0.2) is 29.4 Å². The monoisotopic (exact) mass is 341 g/mol. The van der Waals surface area contributed by atoms with E-state index in [1.165, 1.54) is 0 Å². The fourth-order valence-electron chi connectivity index (χ4n) is 2.02. The number of aliphatic carboxylic acids is 1. The Kier molecular flexibility index (Phi) is 5.82. The van der Waals surface area contributed by atoms with Crippen molar-refractivity contribution < 1.29 is 14.6 Å². The first-order valence-corrected chi connectivity index (χ1v) is 8.01. The molecule has 1 aromatic carbocycles. The second-order valence-corrected chi connectivity index (χ2v) is 5.85. The van der Waals surface area contributed by atoms with Gasteiger partial charge in [0.2, 0.25) is 0 Å². The fourth-order valence-corrected chi connectivity index (χ4v) is 2.89. The van der Waals surface area contributed by atoms with Crippen LogP contribution in [-0.4, -0.2) is 38.7 Å². The third-order valence-electron chi connectivity index (χ3n) is 2.99. The number of nitrogens with zero attached hydrogens (tertiary/aromatic N) is 3. The molecule has 22 heavy (non-hydrogen) atoms. The lowest BCUT2D eigenvalue weighted by Crippen LogP contribution is -2.10. The number of methoxy groups -OCH3 is 1. The van der Waals surface area contributed by atoms with Gasteiger partial charge >= 0.3 is 5.97 Å². The number of ether oxygens (including phenoxy) is 1. The largest absolute Gasteiger partial charge is 0.481 e. The lowest BCUT2D eigenvalue weighted by Gasteiger charge is -2.15. The summed E-state index contributed by atoms with van der Waals surface area (Å²) in [4.78, 5) is 10.8. The van der Waals surface area contributed by atoms with Crippen LogP contribution in [0.3, 0.4) is 0 Å². The molecule has 0 spiro atoms. The zero-order valence-electron chi connectivity index (χ0n) is 12.2. The molecule has 0 aliphatic carbocycles. The average Bonchev–Trinajstić information content (AvgIpc) is 2.90. The third kappa shape index (κ3) is 3.79. The first kappa shape index (κ1) is 16.8. The number of benzene rings is 1. The van der Waals surface area contributed by atoms with E-state index in [2.05, 4.69) is 10.2 Å². The lowest BCUT2D eigenvalue weighted by molar-refractivity contribution is -0.133. The minimum Gasteiger partial charge on any atom is -0.481 e. The highest BCUT2D eigenvalue weighted by molar-refractivity contribution is 7.99. The zero-order valence-corrected chi connectivity index (χ0v) is 13.8. The van der Waals surface area contributed by atoms with Crippen LogP contribution in [0.2, 0.25) is 5.02 Å². The Morgan fingerprint density at radius 3 is 2.86 bits per heavy atom. The van der Waals surface area contributed by atoms with Crippen molar-refractivity contribution in [3.8, 4) is 5.69 Å². The maximum absolute atomic E-state index is 10.8. The highest BCUT2D eigenvalue weighted by Crippen LogP contribution is 2.28. The van der Waals surface area contributed by atoms with Crippen molar-refractivity contribution in [1.82, 2.24) is 14.8 Å². The number of rotatable bonds is 7. The van der Waals surface area contributed by atoms with E-state index < -0.39 is 5.97 Å². The fraction of sp³-hybridized carbons (Fsp3) is 0.357. The van der Waals surface area contributed by atoms with Gasteiger partial charge in [-0.15, -0.1) is 10.2 Å². The first-order valence-electron chi connectivity index (χ1n) is 6.65. The average molecular weight is 342 g/mol. The molecule has 1 atom stereocenters. The molecule has 8 heteroatoms. The molecule has 1 aromatic heterocycles. The van der Waals surface area contributed by atoms with Crippen molar-refractivity contribution in [2.45, 2.75) is 24.6 Å². The predicted octanol–water partition coefficient (Wildman–Crippen LogP) is 3.19. The van der Waals surface area contributed by atoms with Gasteiger partial charge in [0.05, 0.1) is 11.4 Å². The number of carboxylic acid groups (broad SMARTS) is 1.